The maximum atomic E-state index is 11.3. The lowest BCUT2D eigenvalue weighted by atomic mass is 10.1. The fraction of sp³-hybridized carbons (Fsp3) is 0.154. The van der Waals surface area contributed by atoms with Crippen molar-refractivity contribution in [1.29, 1.82) is 0 Å². The van der Waals surface area contributed by atoms with Crippen molar-refractivity contribution >= 4 is 23.6 Å². The van der Waals surface area contributed by atoms with Crippen LogP contribution in [0.5, 0.6) is 0 Å². The molecule has 0 radical (unpaired) electrons. The van der Waals surface area contributed by atoms with Crippen LogP contribution >= 0.6 is 0 Å². The van der Waals surface area contributed by atoms with Crippen LogP contribution in [0.2, 0.25) is 0 Å². The Morgan fingerprint density at radius 1 is 1.55 bits per heavy atom. The monoisotopic (exact) mass is 304 g/mol. The lowest BCUT2D eigenvalue weighted by molar-refractivity contribution is -0.384. The fourth-order valence-electron chi connectivity index (χ4n) is 1.90. The summed E-state index contributed by atoms with van der Waals surface area (Å²) in [6.45, 7) is 0. The number of benzene rings is 1. The number of aromatic amines is 1. The van der Waals surface area contributed by atoms with Crippen LogP contribution in [-0.2, 0) is 11.2 Å². The van der Waals surface area contributed by atoms with E-state index < -0.39 is 16.9 Å². The number of aldehydes is 1. The third-order valence-electron chi connectivity index (χ3n) is 2.98. The Morgan fingerprint density at radius 3 is 2.86 bits per heavy atom. The minimum absolute atomic E-state index is 0.0186. The first-order valence-corrected chi connectivity index (χ1v) is 6.21. The van der Waals surface area contributed by atoms with E-state index in [1.54, 1.807) is 0 Å². The number of H-pyrrole nitrogens is 1. The fourth-order valence-corrected chi connectivity index (χ4v) is 1.90. The standard InChI is InChI=1S/C13H12N4O5/c18-6-8-3-10(17(21)22)1-2-11(8)16-12(13(19)20)4-9-5-14-7-15-9/h1-3,5-7,12,16H,4H2,(H,14,15)(H,19,20). The number of non-ortho nitro benzene ring substituents is 1. The summed E-state index contributed by atoms with van der Waals surface area (Å²) in [7, 11) is 0. The van der Waals surface area contributed by atoms with E-state index in [1.165, 1.54) is 24.7 Å². The average molecular weight is 304 g/mol. The highest BCUT2D eigenvalue weighted by atomic mass is 16.6. The average Bonchev–Trinajstić information content (AvgIpc) is 2.99. The van der Waals surface area contributed by atoms with E-state index >= 15 is 0 Å². The zero-order valence-electron chi connectivity index (χ0n) is 11.2. The molecule has 9 heteroatoms. The number of aliphatic carboxylic acids is 1. The molecule has 1 aromatic heterocycles. The summed E-state index contributed by atoms with van der Waals surface area (Å²) in [6.07, 6.45) is 3.47. The van der Waals surface area contributed by atoms with Gasteiger partial charge in [0, 0.05) is 41.7 Å². The van der Waals surface area contributed by atoms with E-state index in [0.29, 0.717) is 12.0 Å². The molecule has 0 bridgehead atoms. The Labute approximate surface area is 124 Å². The third-order valence-corrected chi connectivity index (χ3v) is 2.98. The molecule has 0 spiro atoms. The normalized spacial score (nSPS) is 11.6. The van der Waals surface area contributed by atoms with E-state index in [2.05, 4.69) is 15.3 Å². The number of nitro benzene ring substituents is 1. The second kappa shape index (κ2) is 6.48. The van der Waals surface area contributed by atoms with Crippen LogP contribution in [0.25, 0.3) is 0 Å². The number of imidazole rings is 1. The van der Waals surface area contributed by atoms with Crippen LogP contribution in [-0.4, -0.2) is 38.3 Å². The quantitative estimate of drug-likeness (QED) is 0.397. The van der Waals surface area contributed by atoms with Crippen LogP contribution in [0, 0.1) is 10.1 Å². The number of anilines is 1. The van der Waals surface area contributed by atoms with Gasteiger partial charge in [0.1, 0.15) is 6.04 Å². The van der Waals surface area contributed by atoms with Gasteiger partial charge in [-0.2, -0.15) is 0 Å². The molecule has 0 aliphatic rings. The second-order valence-corrected chi connectivity index (χ2v) is 4.46. The molecule has 9 nitrogen and oxygen atoms in total. The first kappa shape index (κ1) is 15.2. The SMILES string of the molecule is O=Cc1cc([N+](=O)[O-])ccc1NC(Cc1cnc[nH]1)C(=O)O. The number of rotatable bonds is 7. The van der Waals surface area contributed by atoms with Gasteiger partial charge < -0.3 is 15.4 Å². The van der Waals surface area contributed by atoms with Crippen molar-refractivity contribution in [2.24, 2.45) is 0 Å². The Balaban J connectivity index is 2.24. The molecule has 1 atom stereocenters. The molecule has 0 aliphatic carbocycles. The minimum Gasteiger partial charge on any atom is -0.480 e. The first-order chi connectivity index (χ1) is 10.5. The number of hydrogen-bond donors (Lipinski definition) is 3. The molecule has 0 saturated carbocycles. The van der Waals surface area contributed by atoms with Crippen LogP contribution in [0.4, 0.5) is 11.4 Å². The van der Waals surface area contributed by atoms with Crippen LogP contribution in [0.1, 0.15) is 16.1 Å². The van der Waals surface area contributed by atoms with Crippen molar-refractivity contribution in [2.45, 2.75) is 12.5 Å². The first-order valence-electron chi connectivity index (χ1n) is 6.21. The number of carboxylic acids is 1. The van der Waals surface area contributed by atoms with E-state index in [9.17, 15) is 24.8 Å². The van der Waals surface area contributed by atoms with Gasteiger partial charge in [-0.15, -0.1) is 0 Å². The number of hydrogen-bond acceptors (Lipinski definition) is 6. The molecular weight excluding hydrogens is 292 g/mol. The summed E-state index contributed by atoms with van der Waals surface area (Å²) in [6, 6.07) is 2.58. The highest BCUT2D eigenvalue weighted by molar-refractivity contribution is 5.87. The second-order valence-electron chi connectivity index (χ2n) is 4.46. The molecule has 1 heterocycles. The summed E-state index contributed by atoms with van der Waals surface area (Å²) in [5, 5.41) is 22.6. The van der Waals surface area contributed by atoms with Gasteiger partial charge in [-0.25, -0.2) is 9.78 Å². The van der Waals surface area contributed by atoms with Crippen molar-refractivity contribution in [3.63, 3.8) is 0 Å². The van der Waals surface area contributed by atoms with E-state index in [1.807, 2.05) is 0 Å². The van der Waals surface area contributed by atoms with Crippen LogP contribution < -0.4 is 5.32 Å². The molecule has 0 aliphatic heterocycles. The maximum Gasteiger partial charge on any atom is 0.326 e. The molecule has 0 amide bonds. The predicted octanol–water partition coefficient (Wildman–Crippen LogP) is 1.24. The summed E-state index contributed by atoms with van der Waals surface area (Å²) in [4.78, 5) is 39.0. The number of carbonyl (C=O) groups is 2. The van der Waals surface area contributed by atoms with Crippen molar-refractivity contribution < 1.29 is 19.6 Å². The zero-order valence-corrected chi connectivity index (χ0v) is 11.2. The molecule has 0 saturated heterocycles. The van der Waals surface area contributed by atoms with Crippen LogP contribution in [0.3, 0.4) is 0 Å². The minimum atomic E-state index is -1.12. The van der Waals surface area contributed by atoms with E-state index in [0.717, 1.165) is 6.07 Å². The number of aromatic nitrogens is 2. The smallest absolute Gasteiger partial charge is 0.326 e. The lowest BCUT2D eigenvalue weighted by Gasteiger charge is -2.16. The van der Waals surface area contributed by atoms with Gasteiger partial charge in [-0.05, 0) is 6.07 Å². The number of nitro groups is 1. The van der Waals surface area contributed by atoms with Crippen molar-refractivity contribution in [3.05, 3.63) is 52.1 Å². The van der Waals surface area contributed by atoms with Gasteiger partial charge in [0.15, 0.2) is 6.29 Å². The summed E-state index contributed by atoms with van der Waals surface area (Å²) < 4.78 is 0. The maximum absolute atomic E-state index is 11.3. The number of nitrogens with zero attached hydrogens (tertiary/aromatic N) is 2. The third kappa shape index (κ3) is 3.45. The summed E-state index contributed by atoms with van der Waals surface area (Å²) in [5.41, 5.74) is 0.597. The van der Waals surface area contributed by atoms with Gasteiger partial charge in [0.05, 0.1) is 11.3 Å². The van der Waals surface area contributed by atoms with Gasteiger partial charge in [-0.3, -0.25) is 14.9 Å². The Morgan fingerprint density at radius 2 is 2.32 bits per heavy atom. The van der Waals surface area contributed by atoms with E-state index in [-0.39, 0.29) is 23.4 Å². The molecule has 3 N–H and O–H groups in total. The molecule has 0 fully saturated rings. The largest absolute Gasteiger partial charge is 0.480 e. The Bertz CT molecular complexity index is 698. The molecule has 1 unspecified atom stereocenters. The van der Waals surface area contributed by atoms with Crippen molar-refractivity contribution in [3.8, 4) is 0 Å². The van der Waals surface area contributed by atoms with Gasteiger partial charge in [0.25, 0.3) is 5.69 Å². The van der Waals surface area contributed by atoms with Gasteiger partial charge in [-0.1, -0.05) is 0 Å². The molecule has 114 valence electrons. The van der Waals surface area contributed by atoms with E-state index in [4.69, 9.17) is 0 Å². The Kier molecular flexibility index (Phi) is 4.47. The van der Waals surface area contributed by atoms with Gasteiger partial charge >= 0.3 is 5.97 Å². The molecule has 22 heavy (non-hydrogen) atoms. The molecule has 2 aromatic rings. The predicted molar refractivity (Wildman–Crippen MR) is 75.8 cm³/mol. The van der Waals surface area contributed by atoms with Crippen molar-refractivity contribution in [1.82, 2.24) is 9.97 Å². The summed E-state index contributed by atoms with van der Waals surface area (Å²) >= 11 is 0. The Hall–Kier alpha value is -3.23. The zero-order chi connectivity index (χ0) is 16.1. The molecule has 2 rings (SSSR count). The highest BCUT2D eigenvalue weighted by Crippen LogP contribution is 2.22. The molecule has 1 aromatic carbocycles. The highest BCUT2D eigenvalue weighted by Gasteiger charge is 2.20. The number of carboxylic acid groups (broad SMARTS) is 1. The summed E-state index contributed by atoms with van der Waals surface area (Å²) in [5.74, 6) is -1.12. The number of carbonyl (C=O) groups excluding carboxylic acids is 1. The van der Waals surface area contributed by atoms with Gasteiger partial charge in [0.2, 0.25) is 0 Å². The van der Waals surface area contributed by atoms with Crippen molar-refractivity contribution in [2.75, 3.05) is 5.32 Å². The lowest BCUT2D eigenvalue weighted by Crippen LogP contribution is -2.32. The number of nitrogens with one attached hydrogen (secondary N) is 2. The topological polar surface area (TPSA) is 138 Å². The molecular formula is C13H12N4O5. The van der Waals surface area contributed by atoms with Crippen LogP contribution in [0.15, 0.2) is 30.7 Å².